The normalized spacial score (nSPS) is 34.3. The Morgan fingerprint density at radius 1 is 1.17 bits per heavy atom. The standard InChI is InChI=1S/C26H33F5N2O2/c1-16(2)22-15-35-25-10-9-21(11-19(25)7-8-23(34)33(22)25)32(14-20-12-24(20,27)28)13-17-3-5-18(6-4-17)26(29,30)31/h3-6,16,19-22H,7-15H2,1-2H3/t19-,20-,21+,22-,25-/m1/s1. The van der Waals surface area contributed by atoms with E-state index in [-0.39, 0.29) is 42.8 Å². The van der Waals surface area contributed by atoms with Gasteiger partial charge in [-0.2, -0.15) is 13.2 Å². The molecule has 1 spiro atoms. The lowest BCUT2D eigenvalue weighted by Crippen LogP contribution is -2.63. The minimum absolute atomic E-state index is 0.0149. The first-order valence-electron chi connectivity index (χ1n) is 12.6. The minimum atomic E-state index is -4.41. The quantitative estimate of drug-likeness (QED) is 0.470. The number of ether oxygens (including phenoxy) is 1. The number of halogens is 5. The van der Waals surface area contributed by atoms with Crippen LogP contribution in [0.4, 0.5) is 22.0 Å². The van der Waals surface area contributed by atoms with Crippen LogP contribution < -0.4 is 0 Å². The highest BCUT2D eigenvalue weighted by molar-refractivity contribution is 5.78. The van der Waals surface area contributed by atoms with Crippen molar-refractivity contribution >= 4 is 5.91 Å². The van der Waals surface area contributed by atoms with E-state index in [9.17, 15) is 26.7 Å². The lowest BCUT2D eigenvalue weighted by atomic mass is 9.72. The lowest BCUT2D eigenvalue weighted by molar-refractivity contribution is -0.192. The second kappa shape index (κ2) is 8.68. The van der Waals surface area contributed by atoms with Crippen molar-refractivity contribution in [3.05, 3.63) is 35.4 Å². The Labute approximate surface area is 202 Å². The number of hydrogen-bond acceptors (Lipinski definition) is 3. The van der Waals surface area contributed by atoms with Gasteiger partial charge >= 0.3 is 6.18 Å². The predicted octanol–water partition coefficient (Wildman–Crippen LogP) is 5.70. The van der Waals surface area contributed by atoms with Crippen molar-refractivity contribution < 1.29 is 31.5 Å². The van der Waals surface area contributed by atoms with Gasteiger partial charge in [-0.15, -0.1) is 0 Å². The fourth-order valence-corrected chi connectivity index (χ4v) is 6.48. The van der Waals surface area contributed by atoms with Crippen LogP contribution in [0.5, 0.6) is 0 Å². The van der Waals surface area contributed by atoms with Gasteiger partial charge in [0.15, 0.2) is 0 Å². The average molecular weight is 501 g/mol. The number of carbonyl (C=O) groups is 1. The number of nitrogens with zero attached hydrogens (tertiary/aromatic N) is 2. The molecule has 4 fully saturated rings. The van der Waals surface area contributed by atoms with E-state index in [1.165, 1.54) is 12.1 Å². The molecule has 4 aliphatic rings. The monoisotopic (exact) mass is 500 g/mol. The average Bonchev–Trinajstić information content (AvgIpc) is 3.20. The molecule has 0 aromatic heterocycles. The van der Waals surface area contributed by atoms with Crippen molar-refractivity contribution in [2.45, 2.75) is 88.8 Å². The number of alkyl halides is 5. The van der Waals surface area contributed by atoms with Crippen LogP contribution in [0.25, 0.3) is 0 Å². The van der Waals surface area contributed by atoms with Crippen LogP contribution >= 0.6 is 0 Å². The predicted molar refractivity (Wildman–Crippen MR) is 119 cm³/mol. The van der Waals surface area contributed by atoms with Gasteiger partial charge in [-0.3, -0.25) is 9.69 Å². The molecule has 2 saturated carbocycles. The molecule has 1 aromatic carbocycles. The Balaban J connectivity index is 1.34. The second-order valence-electron chi connectivity index (χ2n) is 11.2. The molecule has 5 rings (SSSR count). The van der Waals surface area contributed by atoms with Gasteiger partial charge < -0.3 is 9.64 Å². The number of piperidine rings is 1. The van der Waals surface area contributed by atoms with Crippen LogP contribution in [0.1, 0.15) is 63.5 Å². The molecule has 194 valence electrons. The molecule has 5 atom stereocenters. The molecule has 0 radical (unpaired) electrons. The highest BCUT2D eigenvalue weighted by Crippen LogP contribution is 2.53. The Bertz CT molecular complexity index is 950. The van der Waals surface area contributed by atoms with Crippen LogP contribution in [0, 0.1) is 17.8 Å². The van der Waals surface area contributed by atoms with Gasteiger partial charge in [0.05, 0.1) is 18.2 Å². The molecule has 0 bridgehead atoms. The molecular weight excluding hydrogens is 467 g/mol. The summed E-state index contributed by atoms with van der Waals surface area (Å²) in [5, 5.41) is 0. The number of amides is 1. The Morgan fingerprint density at radius 3 is 2.46 bits per heavy atom. The van der Waals surface area contributed by atoms with Crippen molar-refractivity contribution in [1.82, 2.24) is 9.80 Å². The summed E-state index contributed by atoms with van der Waals surface area (Å²) >= 11 is 0. The third-order valence-corrected chi connectivity index (χ3v) is 8.61. The van der Waals surface area contributed by atoms with Crippen LogP contribution in [-0.2, 0) is 22.3 Å². The summed E-state index contributed by atoms with van der Waals surface area (Å²) in [4.78, 5) is 16.9. The maximum Gasteiger partial charge on any atom is 0.416 e. The summed E-state index contributed by atoms with van der Waals surface area (Å²) in [5.74, 6) is -2.84. The van der Waals surface area contributed by atoms with E-state index in [1.54, 1.807) is 0 Å². The Kier molecular flexibility index (Phi) is 6.18. The van der Waals surface area contributed by atoms with Crippen LogP contribution in [-0.4, -0.2) is 52.6 Å². The van der Waals surface area contributed by atoms with Crippen molar-refractivity contribution in [3.8, 4) is 0 Å². The summed E-state index contributed by atoms with van der Waals surface area (Å²) in [7, 11) is 0. The molecule has 2 heterocycles. The zero-order valence-corrected chi connectivity index (χ0v) is 20.2. The number of carbonyl (C=O) groups excluding carboxylic acids is 1. The highest BCUT2D eigenvalue weighted by atomic mass is 19.4. The van der Waals surface area contributed by atoms with E-state index in [2.05, 4.69) is 13.8 Å². The van der Waals surface area contributed by atoms with E-state index in [4.69, 9.17) is 4.74 Å². The third kappa shape index (κ3) is 4.59. The van der Waals surface area contributed by atoms with Gasteiger partial charge in [0.1, 0.15) is 5.72 Å². The molecule has 2 aliphatic carbocycles. The molecule has 1 aromatic rings. The SMILES string of the molecule is CC(C)[C@H]1CO[C@]23CC[C@H](N(Cc4ccc(C(F)(F)F)cc4)C[C@H]4CC4(F)F)C[C@H]2CCC(=O)N13. The van der Waals surface area contributed by atoms with E-state index < -0.39 is 29.3 Å². The molecule has 0 N–H and O–H groups in total. The van der Waals surface area contributed by atoms with Crippen LogP contribution in [0.15, 0.2) is 24.3 Å². The first kappa shape index (κ1) is 24.9. The fourth-order valence-electron chi connectivity index (χ4n) is 6.48. The third-order valence-electron chi connectivity index (χ3n) is 8.61. The van der Waals surface area contributed by atoms with Gasteiger partial charge in [-0.05, 0) is 49.3 Å². The zero-order valence-electron chi connectivity index (χ0n) is 20.2. The van der Waals surface area contributed by atoms with Crippen molar-refractivity contribution in [1.29, 1.82) is 0 Å². The lowest BCUT2D eigenvalue weighted by Gasteiger charge is -2.53. The second-order valence-corrected chi connectivity index (χ2v) is 11.2. The molecule has 4 nitrogen and oxygen atoms in total. The molecule has 2 saturated heterocycles. The van der Waals surface area contributed by atoms with Crippen molar-refractivity contribution in [3.63, 3.8) is 0 Å². The Hall–Kier alpha value is -1.74. The molecule has 2 aliphatic heterocycles. The number of benzene rings is 1. The first-order chi connectivity index (χ1) is 16.4. The topological polar surface area (TPSA) is 32.8 Å². The van der Waals surface area contributed by atoms with Crippen molar-refractivity contribution in [2.75, 3.05) is 13.2 Å². The number of rotatable bonds is 6. The van der Waals surface area contributed by atoms with Crippen LogP contribution in [0.3, 0.4) is 0 Å². The smallest absolute Gasteiger partial charge is 0.353 e. The maximum absolute atomic E-state index is 13.8. The Morgan fingerprint density at radius 2 is 1.86 bits per heavy atom. The number of hydrogen-bond donors (Lipinski definition) is 0. The fraction of sp³-hybridized carbons (Fsp3) is 0.731. The van der Waals surface area contributed by atoms with Crippen molar-refractivity contribution in [2.24, 2.45) is 17.8 Å². The molecule has 1 amide bonds. The van der Waals surface area contributed by atoms with E-state index in [1.807, 2.05) is 9.80 Å². The van der Waals surface area contributed by atoms with Crippen LogP contribution in [0.2, 0.25) is 0 Å². The first-order valence-corrected chi connectivity index (χ1v) is 12.6. The summed E-state index contributed by atoms with van der Waals surface area (Å²) in [6, 6.07) is 5.06. The largest absolute Gasteiger partial charge is 0.416 e. The summed E-state index contributed by atoms with van der Waals surface area (Å²) in [6.07, 6.45) is -1.29. The zero-order chi connectivity index (χ0) is 25.2. The maximum atomic E-state index is 13.8. The van der Waals surface area contributed by atoms with Gasteiger partial charge in [-0.1, -0.05) is 26.0 Å². The van der Waals surface area contributed by atoms with Gasteiger partial charge in [0.25, 0.3) is 5.92 Å². The molecule has 35 heavy (non-hydrogen) atoms. The summed E-state index contributed by atoms with van der Waals surface area (Å²) in [5.41, 5.74) is -0.643. The molecule has 0 unspecified atom stereocenters. The minimum Gasteiger partial charge on any atom is -0.353 e. The molecule has 9 heteroatoms. The highest BCUT2D eigenvalue weighted by Gasteiger charge is 2.61. The van der Waals surface area contributed by atoms with Gasteiger partial charge in [0.2, 0.25) is 5.91 Å². The summed E-state index contributed by atoms with van der Waals surface area (Å²) < 4.78 is 73.0. The van der Waals surface area contributed by atoms with Gasteiger partial charge in [0, 0.05) is 43.8 Å². The summed E-state index contributed by atoms with van der Waals surface area (Å²) in [6.45, 7) is 5.26. The van der Waals surface area contributed by atoms with E-state index in [0.717, 1.165) is 18.6 Å². The van der Waals surface area contributed by atoms with Gasteiger partial charge in [-0.25, -0.2) is 8.78 Å². The molecular formula is C26H33F5N2O2. The van der Waals surface area contributed by atoms with E-state index >= 15 is 0 Å². The van der Waals surface area contributed by atoms with E-state index in [0.29, 0.717) is 44.4 Å².